The SMILES string of the molecule is CC(C)(C#N)CCCN1CCOC(C)(C)C1. The van der Waals surface area contributed by atoms with E-state index in [1.165, 1.54) is 0 Å². The number of hydrogen-bond donors (Lipinski definition) is 0. The molecule has 0 saturated carbocycles. The topological polar surface area (TPSA) is 36.3 Å². The van der Waals surface area contributed by atoms with Crippen molar-refractivity contribution in [3.05, 3.63) is 0 Å². The number of morpholine rings is 1. The molecule has 1 rings (SSSR count). The zero-order chi connectivity index (χ0) is 12.2. The van der Waals surface area contributed by atoms with Gasteiger partial charge in [0.1, 0.15) is 0 Å². The molecule has 0 atom stereocenters. The number of ether oxygens (including phenoxy) is 1. The van der Waals surface area contributed by atoms with Crippen molar-refractivity contribution in [1.29, 1.82) is 5.26 Å². The fourth-order valence-electron chi connectivity index (χ4n) is 2.11. The lowest BCUT2D eigenvalue weighted by Gasteiger charge is -2.38. The van der Waals surface area contributed by atoms with E-state index in [1.54, 1.807) is 0 Å². The molecule has 3 nitrogen and oxygen atoms in total. The Kier molecular flexibility index (Phi) is 4.35. The quantitative estimate of drug-likeness (QED) is 0.736. The van der Waals surface area contributed by atoms with Gasteiger partial charge < -0.3 is 4.74 Å². The van der Waals surface area contributed by atoms with E-state index in [0.29, 0.717) is 0 Å². The number of hydrogen-bond acceptors (Lipinski definition) is 3. The van der Waals surface area contributed by atoms with E-state index in [-0.39, 0.29) is 11.0 Å². The third kappa shape index (κ3) is 4.51. The average Bonchev–Trinajstić information content (AvgIpc) is 2.16. The number of nitriles is 1. The molecule has 1 heterocycles. The van der Waals surface area contributed by atoms with E-state index in [4.69, 9.17) is 10.00 Å². The van der Waals surface area contributed by atoms with Crippen molar-refractivity contribution >= 4 is 0 Å². The van der Waals surface area contributed by atoms with E-state index in [1.807, 2.05) is 13.8 Å². The third-order valence-corrected chi connectivity index (χ3v) is 3.08. The van der Waals surface area contributed by atoms with Crippen molar-refractivity contribution < 1.29 is 4.74 Å². The number of rotatable bonds is 4. The molecule has 92 valence electrons. The van der Waals surface area contributed by atoms with Crippen LogP contribution in [0.15, 0.2) is 0 Å². The lowest BCUT2D eigenvalue weighted by molar-refractivity contribution is -0.0863. The van der Waals surface area contributed by atoms with Crippen LogP contribution in [0.4, 0.5) is 0 Å². The van der Waals surface area contributed by atoms with Gasteiger partial charge in [-0.2, -0.15) is 5.26 Å². The van der Waals surface area contributed by atoms with Crippen LogP contribution >= 0.6 is 0 Å². The summed E-state index contributed by atoms with van der Waals surface area (Å²) >= 11 is 0. The van der Waals surface area contributed by atoms with E-state index < -0.39 is 0 Å². The minimum Gasteiger partial charge on any atom is -0.373 e. The molecule has 3 heteroatoms. The molecule has 1 saturated heterocycles. The minimum atomic E-state index is -0.179. The zero-order valence-electron chi connectivity index (χ0n) is 11.0. The highest BCUT2D eigenvalue weighted by Gasteiger charge is 2.27. The lowest BCUT2D eigenvalue weighted by Crippen LogP contribution is -2.48. The van der Waals surface area contributed by atoms with Gasteiger partial charge in [-0.3, -0.25) is 4.90 Å². The van der Waals surface area contributed by atoms with Gasteiger partial charge in [0.2, 0.25) is 0 Å². The largest absolute Gasteiger partial charge is 0.373 e. The van der Waals surface area contributed by atoms with Crippen molar-refractivity contribution in [2.45, 2.75) is 46.1 Å². The fraction of sp³-hybridized carbons (Fsp3) is 0.923. The van der Waals surface area contributed by atoms with Crippen molar-refractivity contribution in [3.63, 3.8) is 0 Å². The van der Waals surface area contributed by atoms with Crippen LogP contribution in [0.5, 0.6) is 0 Å². The van der Waals surface area contributed by atoms with Crippen LogP contribution in [-0.2, 0) is 4.74 Å². The molecular formula is C13H24N2O. The lowest BCUT2D eigenvalue weighted by atomic mass is 9.89. The molecule has 1 aliphatic rings. The summed E-state index contributed by atoms with van der Waals surface area (Å²) in [6, 6.07) is 2.35. The summed E-state index contributed by atoms with van der Waals surface area (Å²) < 4.78 is 5.67. The Balaban J connectivity index is 2.26. The predicted octanol–water partition coefficient (Wildman–Crippen LogP) is 2.43. The summed E-state index contributed by atoms with van der Waals surface area (Å²) in [5, 5.41) is 8.93. The molecule has 0 unspecified atom stereocenters. The normalized spacial score (nSPS) is 21.7. The Morgan fingerprint density at radius 2 is 2.12 bits per heavy atom. The molecule has 0 aromatic rings. The van der Waals surface area contributed by atoms with Gasteiger partial charge in [-0.15, -0.1) is 0 Å². The summed E-state index contributed by atoms with van der Waals surface area (Å²) in [6.07, 6.45) is 2.07. The minimum absolute atomic E-state index is 0.0109. The second-order valence-electron chi connectivity index (χ2n) is 5.98. The molecule has 16 heavy (non-hydrogen) atoms. The molecular weight excluding hydrogens is 200 g/mol. The summed E-state index contributed by atoms with van der Waals surface area (Å²) in [6.45, 7) is 12.2. The Hall–Kier alpha value is -0.590. The first-order chi connectivity index (χ1) is 7.35. The summed E-state index contributed by atoms with van der Waals surface area (Å²) in [5.74, 6) is 0. The van der Waals surface area contributed by atoms with Gasteiger partial charge in [-0.05, 0) is 47.1 Å². The maximum atomic E-state index is 8.93. The van der Waals surface area contributed by atoms with E-state index in [9.17, 15) is 0 Å². The van der Waals surface area contributed by atoms with Gasteiger partial charge in [0, 0.05) is 13.1 Å². The highest BCUT2D eigenvalue weighted by atomic mass is 16.5. The van der Waals surface area contributed by atoms with E-state index >= 15 is 0 Å². The molecule has 0 amide bonds. The van der Waals surface area contributed by atoms with Crippen molar-refractivity contribution in [2.24, 2.45) is 5.41 Å². The molecule has 0 bridgehead atoms. The first kappa shape index (κ1) is 13.5. The van der Waals surface area contributed by atoms with Crippen LogP contribution in [0.1, 0.15) is 40.5 Å². The zero-order valence-corrected chi connectivity index (χ0v) is 11.0. The highest BCUT2D eigenvalue weighted by molar-refractivity contribution is 4.91. The van der Waals surface area contributed by atoms with Gasteiger partial charge in [0.25, 0.3) is 0 Å². The van der Waals surface area contributed by atoms with Crippen LogP contribution in [0, 0.1) is 16.7 Å². The Morgan fingerprint density at radius 1 is 1.44 bits per heavy atom. The fourth-order valence-corrected chi connectivity index (χ4v) is 2.11. The third-order valence-electron chi connectivity index (χ3n) is 3.08. The molecule has 0 radical (unpaired) electrons. The van der Waals surface area contributed by atoms with Crippen molar-refractivity contribution in [3.8, 4) is 6.07 Å². The molecule has 1 fully saturated rings. The van der Waals surface area contributed by atoms with Gasteiger partial charge in [-0.25, -0.2) is 0 Å². The highest BCUT2D eigenvalue weighted by Crippen LogP contribution is 2.22. The summed E-state index contributed by atoms with van der Waals surface area (Å²) in [4.78, 5) is 2.44. The van der Waals surface area contributed by atoms with Gasteiger partial charge in [-0.1, -0.05) is 0 Å². The standard InChI is InChI=1S/C13H24N2O/c1-12(2,10-14)6-5-7-15-8-9-16-13(3,4)11-15/h5-9,11H2,1-4H3. The Bertz CT molecular complexity index is 266. The van der Waals surface area contributed by atoms with Crippen LogP contribution in [0.3, 0.4) is 0 Å². The molecule has 0 spiro atoms. The first-order valence-corrected chi connectivity index (χ1v) is 6.12. The molecule has 0 N–H and O–H groups in total. The second kappa shape index (κ2) is 5.16. The predicted molar refractivity (Wildman–Crippen MR) is 65.1 cm³/mol. The Labute approximate surface area is 99.4 Å². The monoisotopic (exact) mass is 224 g/mol. The van der Waals surface area contributed by atoms with Crippen molar-refractivity contribution in [2.75, 3.05) is 26.2 Å². The van der Waals surface area contributed by atoms with E-state index in [2.05, 4.69) is 24.8 Å². The molecule has 0 aromatic heterocycles. The van der Waals surface area contributed by atoms with Crippen LogP contribution in [0.25, 0.3) is 0 Å². The summed E-state index contributed by atoms with van der Waals surface area (Å²) in [5.41, 5.74) is -0.190. The molecule has 1 aliphatic heterocycles. The van der Waals surface area contributed by atoms with Crippen molar-refractivity contribution in [1.82, 2.24) is 4.90 Å². The Morgan fingerprint density at radius 3 is 2.69 bits per heavy atom. The maximum absolute atomic E-state index is 8.93. The second-order valence-corrected chi connectivity index (χ2v) is 5.98. The van der Waals surface area contributed by atoms with Gasteiger partial charge >= 0.3 is 0 Å². The van der Waals surface area contributed by atoms with Crippen LogP contribution < -0.4 is 0 Å². The maximum Gasteiger partial charge on any atom is 0.0753 e. The molecule has 0 aliphatic carbocycles. The smallest absolute Gasteiger partial charge is 0.0753 e. The summed E-state index contributed by atoms with van der Waals surface area (Å²) in [7, 11) is 0. The van der Waals surface area contributed by atoms with Gasteiger partial charge in [0.15, 0.2) is 0 Å². The van der Waals surface area contributed by atoms with E-state index in [0.717, 1.165) is 39.1 Å². The van der Waals surface area contributed by atoms with Crippen LogP contribution in [0.2, 0.25) is 0 Å². The first-order valence-electron chi connectivity index (χ1n) is 6.12. The number of nitrogens with zero attached hydrogens (tertiary/aromatic N) is 2. The van der Waals surface area contributed by atoms with Crippen LogP contribution in [-0.4, -0.2) is 36.7 Å². The average molecular weight is 224 g/mol. The molecule has 0 aromatic carbocycles. The van der Waals surface area contributed by atoms with Gasteiger partial charge in [0.05, 0.1) is 23.7 Å².